The highest BCUT2D eigenvalue weighted by Gasteiger charge is 2.36. The van der Waals surface area contributed by atoms with Gasteiger partial charge >= 0.3 is 5.97 Å². The van der Waals surface area contributed by atoms with Gasteiger partial charge in [-0.25, -0.2) is 0 Å². The van der Waals surface area contributed by atoms with Crippen LogP contribution in [0.5, 0.6) is 0 Å². The van der Waals surface area contributed by atoms with Crippen LogP contribution >= 0.6 is 0 Å². The zero-order valence-corrected chi connectivity index (χ0v) is 12.1. The molecule has 5 nitrogen and oxygen atoms in total. The number of nitrogens with one attached hydrogen (secondary N) is 1. The van der Waals surface area contributed by atoms with E-state index in [4.69, 9.17) is 5.73 Å². The van der Waals surface area contributed by atoms with Crippen molar-refractivity contribution in [1.82, 2.24) is 5.32 Å². The maximum absolute atomic E-state index is 12.3. The lowest BCUT2D eigenvalue weighted by molar-refractivity contribution is -0.145. The zero-order chi connectivity index (χ0) is 14.6. The second-order valence-corrected chi connectivity index (χ2v) is 6.42. The van der Waals surface area contributed by atoms with Crippen LogP contribution in [0.15, 0.2) is 0 Å². The van der Waals surface area contributed by atoms with Crippen molar-refractivity contribution >= 4 is 11.9 Å². The van der Waals surface area contributed by atoms with Crippen molar-refractivity contribution in [2.24, 2.45) is 17.6 Å². The minimum atomic E-state index is -0.732. The number of amides is 1. The van der Waals surface area contributed by atoms with Gasteiger partial charge in [-0.3, -0.25) is 9.59 Å². The Morgan fingerprint density at radius 1 is 1.10 bits per heavy atom. The van der Waals surface area contributed by atoms with Gasteiger partial charge in [0.1, 0.15) is 0 Å². The Balaban J connectivity index is 1.86. The number of rotatable bonds is 4. The number of carbonyl (C=O) groups excluding carboxylic acids is 1. The zero-order valence-electron chi connectivity index (χ0n) is 12.1. The van der Waals surface area contributed by atoms with Gasteiger partial charge in [0.2, 0.25) is 5.91 Å². The van der Waals surface area contributed by atoms with E-state index in [9.17, 15) is 14.7 Å². The summed E-state index contributed by atoms with van der Waals surface area (Å²) in [5, 5.41) is 12.2. The first kappa shape index (κ1) is 15.3. The molecule has 2 fully saturated rings. The molecule has 0 saturated heterocycles. The third-order valence-corrected chi connectivity index (χ3v) is 4.95. The molecule has 4 N–H and O–H groups in total. The smallest absolute Gasteiger partial charge is 0.306 e. The van der Waals surface area contributed by atoms with Gasteiger partial charge in [-0.05, 0) is 31.6 Å². The Labute approximate surface area is 120 Å². The summed E-state index contributed by atoms with van der Waals surface area (Å²) in [6.07, 6.45) is 8.28. The highest BCUT2D eigenvalue weighted by molar-refractivity contribution is 5.86. The molecule has 2 atom stereocenters. The predicted octanol–water partition coefficient (Wildman–Crippen LogP) is 1.66. The van der Waals surface area contributed by atoms with Crippen molar-refractivity contribution in [3.05, 3.63) is 0 Å². The molecular weight excluding hydrogens is 256 g/mol. The summed E-state index contributed by atoms with van der Waals surface area (Å²) in [6.45, 7) is 0.453. The van der Waals surface area contributed by atoms with E-state index in [2.05, 4.69) is 5.32 Å². The van der Waals surface area contributed by atoms with Gasteiger partial charge in [0.25, 0.3) is 0 Å². The Kier molecular flexibility index (Phi) is 5.02. The standard InChI is InChI=1S/C15H26N2O3/c16-15(8-4-1-5-9-15)14(20)17-10-11-6-2-3-7-12(11)13(18)19/h11-12H,1-10,16H2,(H,17,20)(H,18,19). The Hall–Kier alpha value is -1.10. The molecule has 2 aliphatic carbocycles. The topological polar surface area (TPSA) is 92.4 Å². The van der Waals surface area contributed by atoms with E-state index in [1.807, 2.05) is 0 Å². The minimum absolute atomic E-state index is 0.0531. The molecule has 0 aromatic heterocycles. The van der Waals surface area contributed by atoms with E-state index in [1.165, 1.54) is 0 Å². The van der Waals surface area contributed by atoms with Crippen LogP contribution in [-0.4, -0.2) is 29.1 Å². The normalized spacial score (nSPS) is 29.6. The quantitative estimate of drug-likeness (QED) is 0.731. The molecule has 20 heavy (non-hydrogen) atoms. The summed E-state index contributed by atoms with van der Waals surface area (Å²) in [5.74, 6) is -1.09. The lowest BCUT2D eigenvalue weighted by Crippen LogP contribution is -2.56. The third kappa shape index (κ3) is 3.51. The molecule has 0 aromatic rings. The van der Waals surface area contributed by atoms with Gasteiger partial charge in [-0.1, -0.05) is 32.1 Å². The summed E-state index contributed by atoms with van der Waals surface area (Å²) in [6, 6.07) is 0. The summed E-state index contributed by atoms with van der Waals surface area (Å²) in [7, 11) is 0. The van der Waals surface area contributed by atoms with Crippen molar-refractivity contribution in [3.63, 3.8) is 0 Å². The van der Waals surface area contributed by atoms with Crippen LogP contribution in [0, 0.1) is 11.8 Å². The molecule has 0 aliphatic heterocycles. The maximum atomic E-state index is 12.3. The number of carboxylic acid groups (broad SMARTS) is 1. The fourth-order valence-electron chi connectivity index (χ4n) is 3.59. The van der Waals surface area contributed by atoms with Crippen molar-refractivity contribution < 1.29 is 14.7 Å². The molecule has 0 aromatic carbocycles. The van der Waals surface area contributed by atoms with E-state index in [-0.39, 0.29) is 17.7 Å². The van der Waals surface area contributed by atoms with Gasteiger partial charge in [-0.15, -0.1) is 0 Å². The fourth-order valence-corrected chi connectivity index (χ4v) is 3.59. The number of hydrogen-bond donors (Lipinski definition) is 3. The number of carbonyl (C=O) groups is 2. The number of hydrogen-bond acceptors (Lipinski definition) is 3. The van der Waals surface area contributed by atoms with E-state index < -0.39 is 11.5 Å². The Bertz CT molecular complexity index is 364. The van der Waals surface area contributed by atoms with Gasteiger partial charge in [0.05, 0.1) is 11.5 Å². The molecule has 1 amide bonds. The van der Waals surface area contributed by atoms with Crippen LogP contribution in [0.1, 0.15) is 57.8 Å². The summed E-state index contributed by atoms with van der Waals surface area (Å²) in [5.41, 5.74) is 5.45. The van der Waals surface area contributed by atoms with Gasteiger partial charge in [0, 0.05) is 6.54 Å². The van der Waals surface area contributed by atoms with E-state index in [1.54, 1.807) is 0 Å². The summed E-state index contributed by atoms with van der Waals surface area (Å²) in [4.78, 5) is 23.5. The van der Waals surface area contributed by atoms with Crippen LogP contribution in [0.2, 0.25) is 0 Å². The first-order valence-corrected chi connectivity index (χ1v) is 7.83. The average molecular weight is 282 g/mol. The maximum Gasteiger partial charge on any atom is 0.306 e. The van der Waals surface area contributed by atoms with Crippen molar-refractivity contribution in [3.8, 4) is 0 Å². The molecule has 2 aliphatic rings. The van der Waals surface area contributed by atoms with Crippen LogP contribution in [0.3, 0.4) is 0 Å². The largest absolute Gasteiger partial charge is 0.481 e. The van der Waals surface area contributed by atoms with E-state index >= 15 is 0 Å². The molecule has 0 bridgehead atoms. The van der Waals surface area contributed by atoms with Crippen molar-refractivity contribution in [1.29, 1.82) is 0 Å². The fraction of sp³-hybridized carbons (Fsp3) is 0.867. The highest BCUT2D eigenvalue weighted by Crippen LogP contribution is 2.30. The van der Waals surface area contributed by atoms with Crippen molar-refractivity contribution in [2.45, 2.75) is 63.3 Å². The van der Waals surface area contributed by atoms with Crippen LogP contribution < -0.4 is 11.1 Å². The SMILES string of the molecule is NC1(C(=O)NCC2CCCCC2C(=O)O)CCCCC1. The van der Waals surface area contributed by atoms with Gasteiger partial charge in [-0.2, -0.15) is 0 Å². The average Bonchev–Trinajstić information content (AvgIpc) is 2.45. The lowest BCUT2D eigenvalue weighted by Gasteiger charge is -2.34. The molecule has 0 radical (unpaired) electrons. The third-order valence-electron chi connectivity index (χ3n) is 4.95. The van der Waals surface area contributed by atoms with E-state index in [0.29, 0.717) is 6.54 Å². The van der Waals surface area contributed by atoms with E-state index in [0.717, 1.165) is 57.8 Å². The molecule has 2 rings (SSSR count). The number of aliphatic carboxylic acids is 1. The molecule has 0 heterocycles. The Morgan fingerprint density at radius 2 is 1.75 bits per heavy atom. The molecular formula is C15H26N2O3. The van der Waals surface area contributed by atoms with Crippen LogP contribution in [0.25, 0.3) is 0 Å². The highest BCUT2D eigenvalue weighted by atomic mass is 16.4. The minimum Gasteiger partial charge on any atom is -0.481 e. The first-order valence-electron chi connectivity index (χ1n) is 7.83. The molecule has 2 unspecified atom stereocenters. The molecule has 2 saturated carbocycles. The van der Waals surface area contributed by atoms with Crippen molar-refractivity contribution in [2.75, 3.05) is 6.54 Å². The molecule has 5 heteroatoms. The van der Waals surface area contributed by atoms with Gasteiger partial charge < -0.3 is 16.2 Å². The second-order valence-electron chi connectivity index (χ2n) is 6.42. The number of nitrogens with two attached hydrogens (primary N) is 1. The first-order chi connectivity index (χ1) is 9.53. The number of carboxylic acids is 1. The summed E-state index contributed by atoms with van der Waals surface area (Å²) >= 11 is 0. The van der Waals surface area contributed by atoms with Crippen LogP contribution in [0.4, 0.5) is 0 Å². The molecule has 114 valence electrons. The predicted molar refractivity (Wildman–Crippen MR) is 76.1 cm³/mol. The second kappa shape index (κ2) is 6.57. The molecule has 0 spiro atoms. The van der Waals surface area contributed by atoms with Crippen LogP contribution in [-0.2, 0) is 9.59 Å². The summed E-state index contributed by atoms with van der Waals surface area (Å²) < 4.78 is 0. The Morgan fingerprint density at radius 3 is 2.40 bits per heavy atom. The van der Waals surface area contributed by atoms with Gasteiger partial charge in [0.15, 0.2) is 0 Å². The lowest BCUT2D eigenvalue weighted by atomic mass is 9.78. The monoisotopic (exact) mass is 282 g/mol.